The second-order valence-electron chi connectivity index (χ2n) is 12.5. The van der Waals surface area contributed by atoms with Crippen molar-refractivity contribution in [1.29, 1.82) is 0 Å². The zero-order chi connectivity index (χ0) is 27.6. The quantitative estimate of drug-likeness (QED) is 0.344. The number of ether oxygens (including phenoxy) is 2. The number of aliphatic hydroxyl groups excluding tert-OH is 1. The molecule has 4 aliphatic rings. The number of benzene rings is 1. The summed E-state index contributed by atoms with van der Waals surface area (Å²) in [5.74, 6) is -1.27. The summed E-state index contributed by atoms with van der Waals surface area (Å²) in [6.45, 7) is 11.8. The highest BCUT2D eigenvalue weighted by Crippen LogP contribution is 2.68. The fourth-order valence-electron chi connectivity index (χ4n) is 8.21. The van der Waals surface area contributed by atoms with Crippen molar-refractivity contribution in [1.82, 2.24) is 0 Å². The number of carbonyl (C=O) groups excluding carboxylic acids is 2. The average molecular weight is 528 g/mol. The Labute approximate surface area is 223 Å². The molecule has 9 heteroatoms. The van der Waals surface area contributed by atoms with Crippen molar-refractivity contribution in [3.05, 3.63) is 36.2 Å². The number of Topliss-reactive ketones (excluding diaryl/α,β-unsaturated/α-hetero) is 1. The molecular weight excluding hydrogens is 490 g/mol. The highest BCUT2D eigenvalue weighted by molar-refractivity contribution is 6.61. The van der Waals surface area contributed by atoms with Crippen LogP contribution in [0.1, 0.15) is 65.4 Å². The summed E-state index contributed by atoms with van der Waals surface area (Å²) in [6.07, 6.45) is 3.65. The SMILES string of the molecule is C=C[C@]1(C)C[C@@H](OC(=O)COc2cc(F)c3c(c2)COB3O)[C@]2(C)[C@H](C)CC[C@]3(CCC(=O)[C@H]32)[C@@H](C)[C@@H]1O. The predicted molar refractivity (Wildman–Crippen MR) is 139 cm³/mol. The molecule has 0 radical (unpaired) electrons. The molecular formula is C29H38BFO7. The van der Waals surface area contributed by atoms with Crippen LogP contribution in [-0.2, 0) is 25.6 Å². The van der Waals surface area contributed by atoms with Crippen molar-refractivity contribution in [2.75, 3.05) is 6.61 Å². The lowest BCUT2D eigenvalue weighted by molar-refractivity contribution is -0.207. The van der Waals surface area contributed by atoms with Crippen molar-refractivity contribution < 1.29 is 38.2 Å². The Morgan fingerprint density at radius 2 is 2.05 bits per heavy atom. The molecule has 0 unspecified atom stereocenters. The van der Waals surface area contributed by atoms with Crippen LogP contribution in [0.3, 0.4) is 0 Å². The molecule has 3 saturated carbocycles. The first-order chi connectivity index (χ1) is 17.9. The number of rotatable bonds is 5. The number of carbonyl (C=O) groups is 2. The van der Waals surface area contributed by atoms with Gasteiger partial charge < -0.3 is 24.3 Å². The molecule has 1 aromatic rings. The largest absolute Gasteiger partial charge is 0.494 e. The smallest absolute Gasteiger partial charge is 0.482 e. The second-order valence-corrected chi connectivity index (χ2v) is 12.5. The number of hydrogen-bond acceptors (Lipinski definition) is 7. The van der Waals surface area contributed by atoms with Crippen molar-refractivity contribution in [2.45, 2.75) is 78.6 Å². The van der Waals surface area contributed by atoms with Crippen LogP contribution in [0.4, 0.5) is 4.39 Å². The highest BCUT2D eigenvalue weighted by atomic mass is 19.1. The molecule has 3 aliphatic carbocycles. The number of hydrogen-bond donors (Lipinski definition) is 2. The summed E-state index contributed by atoms with van der Waals surface area (Å²) in [4.78, 5) is 26.7. The molecule has 1 aliphatic heterocycles. The summed E-state index contributed by atoms with van der Waals surface area (Å²) in [6, 6.07) is 2.66. The van der Waals surface area contributed by atoms with E-state index in [1.807, 2.05) is 6.92 Å². The van der Waals surface area contributed by atoms with Crippen molar-refractivity contribution in [3.63, 3.8) is 0 Å². The van der Waals surface area contributed by atoms with Gasteiger partial charge in [0.1, 0.15) is 23.5 Å². The fourth-order valence-corrected chi connectivity index (χ4v) is 8.21. The molecule has 1 heterocycles. The van der Waals surface area contributed by atoms with Gasteiger partial charge in [-0.3, -0.25) is 4.79 Å². The van der Waals surface area contributed by atoms with E-state index in [2.05, 4.69) is 27.4 Å². The van der Waals surface area contributed by atoms with E-state index >= 15 is 0 Å². The Morgan fingerprint density at radius 3 is 2.76 bits per heavy atom. The first-order valence-electron chi connectivity index (χ1n) is 13.7. The van der Waals surface area contributed by atoms with Gasteiger partial charge in [-0.15, -0.1) is 6.58 Å². The summed E-state index contributed by atoms with van der Waals surface area (Å²) in [5.41, 5.74) is -1.15. The number of fused-ring (bicyclic) bond motifs is 1. The van der Waals surface area contributed by atoms with Gasteiger partial charge in [0.2, 0.25) is 0 Å². The molecule has 0 saturated heterocycles. The molecule has 3 fully saturated rings. The van der Waals surface area contributed by atoms with E-state index in [4.69, 9.17) is 14.1 Å². The number of halogens is 1. The number of ketones is 1. The second kappa shape index (κ2) is 9.45. The minimum absolute atomic E-state index is 0.0471. The van der Waals surface area contributed by atoms with Crippen LogP contribution in [0.15, 0.2) is 24.8 Å². The predicted octanol–water partition coefficient (Wildman–Crippen LogP) is 3.33. The van der Waals surface area contributed by atoms with E-state index in [1.54, 1.807) is 12.1 Å². The van der Waals surface area contributed by atoms with Gasteiger partial charge in [-0.05, 0) is 54.6 Å². The zero-order valence-corrected chi connectivity index (χ0v) is 22.7. The molecule has 5 rings (SSSR count). The van der Waals surface area contributed by atoms with Gasteiger partial charge in [0.15, 0.2) is 6.61 Å². The van der Waals surface area contributed by atoms with Gasteiger partial charge in [0.25, 0.3) is 0 Å². The van der Waals surface area contributed by atoms with E-state index in [0.29, 0.717) is 18.4 Å². The lowest BCUT2D eigenvalue weighted by atomic mass is 9.44. The lowest BCUT2D eigenvalue weighted by Gasteiger charge is -2.61. The summed E-state index contributed by atoms with van der Waals surface area (Å²) < 4.78 is 31.3. The Hall–Kier alpha value is -2.23. The molecule has 0 amide bonds. The fraction of sp³-hybridized carbons (Fsp3) is 0.655. The molecule has 206 valence electrons. The standard InChI is InChI=1S/C29H38BFO7/c1-6-27(4)13-22(38-23(33)15-36-19-11-18-14-37-30(35)24(18)20(31)12-19)28(5)16(2)7-9-29(17(3)26(27)34)10-8-21(32)25(28)29/h6,11-12,16-17,22,25-26,34-35H,1,7-10,13-15H2,2-5H3/t16-,17+,22-,25+,26+,27-,28+,29+/m1/s1. The first-order valence-corrected chi connectivity index (χ1v) is 13.7. The first kappa shape index (κ1) is 27.3. The minimum Gasteiger partial charge on any atom is -0.482 e. The summed E-state index contributed by atoms with van der Waals surface area (Å²) >= 11 is 0. The summed E-state index contributed by atoms with van der Waals surface area (Å²) in [5, 5.41) is 21.4. The maximum absolute atomic E-state index is 14.5. The van der Waals surface area contributed by atoms with E-state index in [0.717, 1.165) is 25.3 Å². The van der Waals surface area contributed by atoms with Crippen molar-refractivity contribution in [3.8, 4) is 5.75 Å². The maximum Gasteiger partial charge on any atom is 0.494 e. The van der Waals surface area contributed by atoms with Gasteiger partial charge >= 0.3 is 13.1 Å². The molecule has 8 atom stereocenters. The molecule has 1 aromatic carbocycles. The van der Waals surface area contributed by atoms with Crippen LogP contribution in [0.5, 0.6) is 5.75 Å². The number of aliphatic hydroxyl groups is 1. The molecule has 0 aromatic heterocycles. The maximum atomic E-state index is 14.5. The molecule has 2 N–H and O–H groups in total. The Bertz CT molecular complexity index is 1160. The van der Waals surface area contributed by atoms with Crippen LogP contribution in [0.25, 0.3) is 0 Å². The zero-order valence-electron chi connectivity index (χ0n) is 22.7. The molecule has 2 bridgehead atoms. The Morgan fingerprint density at radius 1 is 1.32 bits per heavy atom. The summed E-state index contributed by atoms with van der Waals surface area (Å²) in [7, 11) is -1.32. The molecule has 0 spiro atoms. The average Bonchev–Trinajstić information content (AvgIpc) is 3.44. The third-order valence-corrected chi connectivity index (χ3v) is 10.8. The van der Waals surface area contributed by atoms with E-state index in [9.17, 15) is 24.1 Å². The normalized spacial score (nSPS) is 40.1. The van der Waals surface area contributed by atoms with Crippen LogP contribution in [-0.4, -0.2) is 47.8 Å². The Balaban J connectivity index is 1.43. The van der Waals surface area contributed by atoms with Crippen LogP contribution >= 0.6 is 0 Å². The van der Waals surface area contributed by atoms with Gasteiger partial charge in [-0.1, -0.05) is 33.8 Å². The monoisotopic (exact) mass is 528 g/mol. The van der Waals surface area contributed by atoms with E-state index in [1.165, 1.54) is 0 Å². The number of esters is 1. The van der Waals surface area contributed by atoms with Crippen LogP contribution in [0, 0.1) is 39.8 Å². The Kier molecular flexibility index (Phi) is 6.80. The van der Waals surface area contributed by atoms with Gasteiger partial charge in [0, 0.05) is 34.7 Å². The van der Waals surface area contributed by atoms with Crippen LogP contribution in [0.2, 0.25) is 0 Å². The van der Waals surface area contributed by atoms with E-state index < -0.39 is 48.5 Å². The van der Waals surface area contributed by atoms with E-state index in [-0.39, 0.29) is 46.8 Å². The van der Waals surface area contributed by atoms with Gasteiger partial charge in [0.05, 0.1) is 12.7 Å². The topological polar surface area (TPSA) is 102 Å². The minimum atomic E-state index is -1.32. The lowest BCUT2D eigenvalue weighted by Crippen LogP contribution is -2.63. The van der Waals surface area contributed by atoms with Gasteiger partial charge in [-0.2, -0.15) is 0 Å². The van der Waals surface area contributed by atoms with Crippen molar-refractivity contribution in [2.24, 2.45) is 34.0 Å². The third-order valence-electron chi connectivity index (χ3n) is 10.8. The third kappa shape index (κ3) is 3.96. The van der Waals surface area contributed by atoms with Crippen LogP contribution < -0.4 is 10.2 Å². The molecule has 7 nitrogen and oxygen atoms in total. The molecule has 38 heavy (non-hydrogen) atoms. The highest BCUT2D eigenvalue weighted by Gasteiger charge is 2.68. The van der Waals surface area contributed by atoms with Crippen molar-refractivity contribution >= 4 is 24.3 Å². The van der Waals surface area contributed by atoms with Gasteiger partial charge in [-0.25, -0.2) is 9.18 Å².